The zero-order valence-electron chi connectivity index (χ0n) is 10.2. The first-order valence-electron chi connectivity index (χ1n) is 5.27. The highest BCUT2D eigenvalue weighted by Gasteiger charge is 2.26. The highest BCUT2D eigenvalue weighted by atomic mass is 16.6. The van der Waals surface area contributed by atoms with E-state index in [9.17, 15) is 19.7 Å². The predicted molar refractivity (Wildman–Crippen MR) is 64.2 cm³/mol. The third-order valence-electron chi connectivity index (χ3n) is 2.33. The Balaban J connectivity index is 3.21. The third kappa shape index (κ3) is 3.18. The molecule has 1 aromatic rings. The predicted octanol–water partition coefficient (Wildman–Crippen LogP) is 0.806. The van der Waals surface area contributed by atoms with Gasteiger partial charge in [0.15, 0.2) is 11.7 Å². The maximum atomic E-state index is 11.3. The minimum atomic E-state index is -1.49. The second-order valence-corrected chi connectivity index (χ2v) is 3.59. The fourth-order valence-electron chi connectivity index (χ4n) is 1.43. The van der Waals surface area contributed by atoms with Crippen LogP contribution in [0.4, 0.5) is 5.69 Å². The lowest BCUT2D eigenvalue weighted by Gasteiger charge is -2.14. The first kappa shape index (κ1) is 14.4. The van der Waals surface area contributed by atoms with Gasteiger partial charge in [-0.05, 0) is 13.0 Å². The van der Waals surface area contributed by atoms with Crippen LogP contribution in [0.1, 0.15) is 17.3 Å². The van der Waals surface area contributed by atoms with Crippen LogP contribution in [0.3, 0.4) is 0 Å². The fourth-order valence-corrected chi connectivity index (χ4v) is 1.43. The van der Waals surface area contributed by atoms with Gasteiger partial charge in [-0.2, -0.15) is 0 Å². The number of carboxylic acids is 1. The van der Waals surface area contributed by atoms with Crippen molar-refractivity contribution in [3.8, 4) is 5.75 Å². The van der Waals surface area contributed by atoms with Crippen LogP contribution in [0.15, 0.2) is 18.2 Å². The Bertz CT molecular complexity index is 528. The van der Waals surface area contributed by atoms with Gasteiger partial charge in [0.2, 0.25) is 0 Å². The van der Waals surface area contributed by atoms with E-state index in [2.05, 4.69) is 5.32 Å². The van der Waals surface area contributed by atoms with Crippen LogP contribution in [0, 0.1) is 10.1 Å². The van der Waals surface area contributed by atoms with Crippen LogP contribution in [-0.2, 0) is 4.79 Å². The zero-order valence-corrected chi connectivity index (χ0v) is 10.2. The SMILES string of the molecule is CNC(=O)C(C)Oc1cccc([N+](=O)[O-])c1C(=O)O. The summed E-state index contributed by atoms with van der Waals surface area (Å²) >= 11 is 0. The molecule has 0 saturated heterocycles. The smallest absolute Gasteiger partial charge is 0.346 e. The molecule has 1 amide bonds. The molecule has 1 rings (SSSR count). The van der Waals surface area contributed by atoms with Crippen LogP contribution in [0.25, 0.3) is 0 Å². The van der Waals surface area contributed by atoms with Gasteiger partial charge in [0, 0.05) is 13.1 Å². The van der Waals surface area contributed by atoms with Crippen LogP contribution >= 0.6 is 0 Å². The quantitative estimate of drug-likeness (QED) is 0.602. The number of carbonyl (C=O) groups is 2. The molecule has 1 atom stereocenters. The first-order valence-corrected chi connectivity index (χ1v) is 5.27. The zero-order chi connectivity index (χ0) is 14.6. The number of rotatable bonds is 5. The Kier molecular flexibility index (Phi) is 4.41. The molecule has 0 saturated carbocycles. The largest absolute Gasteiger partial charge is 0.480 e. The van der Waals surface area contributed by atoms with E-state index in [1.54, 1.807) is 0 Å². The molecule has 0 aliphatic rings. The van der Waals surface area contributed by atoms with E-state index in [0.29, 0.717) is 0 Å². The van der Waals surface area contributed by atoms with Gasteiger partial charge in [-0.15, -0.1) is 0 Å². The number of nitrogens with one attached hydrogen (secondary N) is 1. The van der Waals surface area contributed by atoms with Gasteiger partial charge in [-0.25, -0.2) is 4.79 Å². The molecular formula is C11H12N2O6. The van der Waals surface area contributed by atoms with E-state index >= 15 is 0 Å². The van der Waals surface area contributed by atoms with Crippen molar-refractivity contribution in [2.24, 2.45) is 0 Å². The molecule has 0 aliphatic heterocycles. The number of ether oxygens (including phenoxy) is 1. The summed E-state index contributed by atoms with van der Waals surface area (Å²) in [5.41, 5.74) is -1.17. The van der Waals surface area contributed by atoms with Crippen molar-refractivity contribution in [2.75, 3.05) is 7.05 Å². The number of hydrogen-bond acceptors (Lipinski definition) is 5. The molecule has 0 bridgehead atoms. The van der Waals surface area contributed by atoms with Crippen LogP contribution in [0.5, 0.6) is 5.75 Å². The number of nitrogens with zero attached hydrogens (tertiary/aromatic N) is 1. The van der Waals surface area contributed by atoms with Crippen molar-refractivity contribution in [1.82, 2.24) is 5.32 Å². The number of carboxylic acid groups (broad SMARTS) is 1. The number of carbonyl (C=O) groups excluding carboxylic acids is 1. The minimum absolute atomic E-state index is 0.224. The van der Waals surface area contributed by atoms with Crippen molar-refractivity contribution in [2.45, 2.75) is 13.0 Å². The summed E-state index contributed by atoms with van der Waals surface area (Å²) < 4.78 is 5.15. The summed E-state index contributed by atoms with van der Waals surface area (Å²) in [5, 5.41) is 22.1. The second-order valence-electron chi connectivity index (χ2n) is 3.59. The molecule has 0 aromatic heterocycles. The Morgan fingerprint density at radius 3 is 2.58 bits per heavy atom. The van der Waals surface area contributed by atoms with Gasteiger partial charge in [-0.1, -0.05) is 6.07 Å². The van der Waals surface area contributed by atoms with E-state index in [1.165, 1.54) is 26.1 Å². The van der Waals surface area contributed by atoms with Crippen molar-refractivity contribution in [3.05, 3.63) is 33.9 Å². The lowest BCUT2D eigenvalue weighted by molar-refractivity contribution is -0.385. The summed E-state index contributed by atoms with van der Waals surface area (Å²) in [6.07, 6.45) is -0.967. The molecular weight excluding hydrogens is 256 g/mol. The van der Waals surface area contributed by atoms with Crippen molar-refractivity contribution >= 4 is 17.6 Å². The van der Waals surface area contributed by atoms with Gasteiger partial charge in [0.25, 0.3) is 11.6 Å². The molecule has 0 fully saturated rings. The Hall–Kier alpha value is -2.64. The van der Waals surface area contributed by atoms with E-state index in [1.807, 2.05) is 0 Å². The van der Waals surface area contributed by atoms with Gasteiger partial charge in [0.05, 0.1) is 4.92 Å². The standard InChI is InChI=1S/C11H12N2O6/c1-6(10(14)12-2)19-8-5-3-4-7(13(17)18)9(8)11(15)16/h3-6H,1-2H3,(H,12,14)(H,15,16). The summed E-state index contributed by atoms with van der Waals surface area (Å²) in [5.74, 6) is -2.19. The van der Waals surface area contributed by atoms with Gasteiger partial charge < -0.3 is 15.2 Å². The average molecular weight is 268 g/mol. The minimum Gasteiger partial charge on any atom is -0.480 e. The number of likely N-dealkylation sites (N-methyl/N-ethyl adjacent to an activating group) is 1. The summed E-state index contributed by atoms with van der Waals surface area (Å²) in [4.78, 5) is 32.3. The summed E-state index contributed by atoms with van der Waals surface area (Å²) in [6.45, 7) is 1.41. The summed E-state index contributed by atoms with van der Waals surface area (Å²) in [6, 6.07) is 3.60. The monoisotopic (exact) mass is 268 g/mol. The lowest BCUT2D eigenvalue weighted by atomic mass is 10.1. The number of nitro groups is 1. The topological polar surface area (TPSA) is 119 Å². The molecule has 8 heteroatoms. The number of aromatic carboxylic acids is 1. The van der Waals surface area contributed by atoms with Crippen molar-refractivity contribution in [3.63, 3.8) is 0 Å². The third-order valence-corrected chi connectivity index (χ3v) is 2.33. The Morgan fingerprint density at radius 2 is 2.11 bits per heavy atom. The van der Waals surface area contributed by atoms with Crippen LogP contribution < -0.4 is 10.1 Å². The number of benzene rings is 1. The fraction of sp³-hybridized carbons (Fsp3) is 0.273. The molecule has 102 valence electrons. The van der Waals surface area contributed by atoms with Crippen LogP contribution in [0.2, 0.25) is 0 Å². The Labute approximate surface area is 108 Å². The molecule has 2 N–H and O–H groups in total. The van der Waals surface area contributed by atoms with E-state index in [4.69, 9.17) is 9.84 Å². The summed E-state index contributed by atoms with van der Waals surface area (Å²) in [7, 11) is 1.40. The molecule has 0 radical (unpaired) electrons. The van der Waals surface area contributed by atoms with Gasteiger partial charge in [0.1, 0.15) is 5.75 Å². The van der Waals surface area contributed by atoms with E-state index < -0.39 is 34.2 Å². The molecule has 8 nitrogen and oxygen atoms in total. The molecule has 19 heavy (non-hydrogen) atoms. The molecule has 1 aromatic carbocycles. The van der Waals surface area contributed by atoms with E-state index in [0.717, 1.165) is 6.07 Å². The number of amides is 1. The lowest BCUT2D eigenvalue weighted by Crippen LogP contribution is -2.34. The van der Waals surface area contributed by atoms with Gasteiger partial charge in [-0.3, -0.25) is 14.9 Å². The van der Waals surface area contributed by atoms with Gasteiger partial charge >= 0.3 is 5.97 Å². The Morgan fingerprint density at radius 1 is 1.47 bits per heavy atom. The first-order chi connectivity index (χ1) is 8.88. The molecule has 1 unspecified atom stereocenters. The molecule has 0 heterocycles. The number of nitro benzene ring substituents is 1. The highest BCUT2D eigenvalue weighted by molar-refractivity contribution is 5.95. The molecule has 0 aliphatic carbocycles. The average Bonchev–Trinajstić information content (AvgIpc) is 2.36. The maximum Gasteiger partial charge on any atom is 0.346 e. The number of hydrogen-bond donors (Lipinski definition) is 2. The highest BCUT2D eigenvalue weighted by Crippen LogP contribution is 2.28. The van der Waals surface area contributed by atoms with E-state index in [-0.39, 0.29) is 5.75 Å². The van der Waals surface area contributed by atoms with Crippen molar-refractivity contribution in [1.29, 1.82) is 0 Å². The van der Waals surface area contributed by atoms with Crippen LogP contribution in [-0.4, -0.2) is 35.1 Å². The van der Waals surface area contributed by atoms with Crippen molar-refractivity contribution < 1.29 is 24.4 Å². The maximum absolute atomic E-state index is 11.3. The molecule has 0 spiro atoms. The second kappa shape index (κ2) is 5.80. The normalized spacial score (nSPS) is 11.5.